The van der Waals surface area contributed by atoms with Crippen molar-refractivity contribution >= 4 is 16.8 Å². The smallest absolute Gasteiger partial charge is 0.239 e. The van der Waals surface area contributed by atoms with Gasteiger partial charge in [-0.25, -0.2) is 74.7 Å². The van der Waals surface area contributed by atoms with Gasteiger partial charge >= 0.3 is 0 Å². The van der Waals surface area contributed by atoms with Gasteiger partial charge in [-0.2, -0.15) is 10.5 Å². The standard InChI is InChI=1S/C28H13N17/c1-11-5-6-16-24(34-11)41-20(37-16)14(7-29)22-40-23(15(8-30)21-38-17-9-32-12(2)35-25(17)42-21)44-28(43-22)19(31-4)27-39-18-10-33-13(3)36-26(18)45-27/h5-6,9-10H,1-3H3/b20-14-,21-15-,27-19+. The van der Waals surface area contributed by atoms with Crippen LogP contribution in [0.25, 0.3) is 21.7 Å². The maximum Gasteiger partial charge on any atom is 0.274 e. The molecule has 0 aliphatic carbocycles. The number of pyridine rings is 1. The van der Waals surface area contributed by atoms with Crippen molar-refractivity contribution in [2.75, 3.05) is 0 Å². The zero-order chi connectivity index (χ0) is 31.2. The summed E-state index contributed by atoms with van der Waals surface area (Å²) in [6.07, 6.45) is 2.97. The molecule has 4 aromatic heterocycles. The Labute approximate surface area is 250 Å². The lowest BCUT2D eigenvalue weighted by atomic mass is 10.2. The molecule has 17 heteroatoms. The van der Waals surface area contributed by atoms with Crippen LogP contribution in [-0.2, 0) is 0 Å². The lowest BCUT2D eigenvalue weighted by Gasteiger charge is -2.07. The molecule has 0 bridgehead atoms. The topological polar surface area (TPSA) is 229 Å². The van der Waals surface area contributed by atoms with Gasteiger partial charge in [0.1, 0.15) is 51.0 Å². The molecule has 0 saturated carbocycles. The van der Waals surface area contributed by atoms with E-state index in [1.54, 1.807) is 32.9 Å². The minimum atomic E-state index is -0.220. The summed E-state index contributed by atoms with van der Waals surface area (Å²) in [5.74, 6) is 0.223. The van der Waals surface area contributed by atoms with Crippen LogP contribution < -0.4 is 32.5 Å². The van der Waals surface area contributed by atoms with Crippen LogP contribution in [0.5, 0.6) is 0 Å². The van der Waals surface area contributed by atoms with Crippen molar-refractivity contribution < 1.29 is 0 Å². The van der Waals surface area contributed by atoms with E-state index in [1.807, 2.05) is 12.1 Å². The highest BCUT2D eigenvalue weighted by molar-refractivity contribution is 5.80. The molecule has 0 amide bonds. The Morgan fingerprint density at radius 2 is 1.09 bits per heavy atom. The van der Waals surface area contributed by atoms with Gasteiger partial charge in [0.15, 0.2) is 51.4 Å². The van der Waals surface area contributed by atoms with Gasteiger partial charge in [-0.3, -0.25) is 0 Å². The van der Waals surface area contributed by atoms with E-state index in [0.717, 1.165) is 0 Å². The molecule has 0 atom stereocenters. The third-order valence-corrected chi connectivity index (χ3v) is 6.34. The Kier molecular flexibility index (Phi) is 6.09. The third-order valence-electron chi connectivity index (χ3n) is 6.34. The molecule has 0 unspecified atom stereocenters. The monoisotopic (exact) mass is 587 g/mol. The number of fused-ring (bicyclic) bond motifs is 3. The van der Waals surface area contributed by atoms with Gasteiger partial charge in [-0.1, -0.05) is 0 Å². The summed E-state index contributed by atoms with van der Waals surface area (Å²) in [6, 6.07) is 7.57. The third kappa shape index (κ3) is 4.66. The predicted octanol–water partition coefficient (Wildman–Crippen LogP) is -1.44. The van der Waals surface area contributed by atoms with Crippen LogP contribution in [-0.4, -0.2) is 39.9 Å². The summed E-state index contributed by atoms with van der Waals surface area (Å²) in [7, 11) is 0. The van der Waals surface area contributed by atoms with E-state index in [-0.39, 0.29) is 62.8 Å². The van der Waals surface area contributed by atoms with Crippen LogP contribution >= 0.6 is 0 Å². The summed E-state index contributed by atoms with van der Waals surface area (Å²) in [6.45, 7) is 13.2. The van der Waals surface area contributed by atoms with E-state index >= 15 is 0 Å². The number of nitriles is 2. The summed E-state index contributed by atoms with van der Waals surface area (Å²) in [5.41, 5.74) is 1.07. The number of allylic oxidation sites excluding steroid dienone is 2. The first kappa shape index (κ1) is 26.7. The second kappa shape index (κ2) is 10.3. The normalized spacial score (nSPS) is 16.8. The van der Waals surface area contributed by atoms with Crippen molar-refractivity contribution in [3.63, 3.8) is 0 Å². The van der Waals surface area contributed by atoms with Crippen molar-refractivity contribution in [1.29, 1.82) is 10.5 Å². The molecule has 45 heavy (non-hydrogen) atoms. The summed E-state index contributed by atoms with van der Waals surface area (Å²) in [5, 5.41) is 21.7. The van der Waals surface area contributed by atoms with E-state index < -0.39 is 0 Å². The van der Waals surface area contributed by atoms with Gasteiger partial charge in [0.05, 0.1) is 19.0 Å². The fourth-order valence-electron chi connectivity index (χ4n) is 4.28. The maximum atomic E-state index is 10.3. The van der Waals surface area contributed by atoms with Gasteiger partial charge in [0.2, 0.25) is 0 Å². The molecule has 210 valence electrons. The SMILES string of the molecule is [C-]#[N+]/C(=C1\N=c2cnc(C)nc2=N1)c1nc(/C(C#N)=C2/N=c3ccc(C)nc3=N2)nc(/C(C#N)=C2/N=c3cnc(C)nc3=N2)n1. The van der Waals surface area contributed by atoms with Gasteiger partial charge in [-0.15, -0.1) is 0 Å². The van der Waals surface area contributed by atoms with Crippen LogP contribution in [0.2, 0.25) is 0 Å². The van der Waals surface area contributed by atoms with Crippen LogP contribution in [0, 0.1) is 50.0 Å². The first-order valence-electron chi connectivity index (χ1n) is 13.0. The predicted molar refractivity (Wildman–Crippen MR) is 148 cm³/mol. The largest absolute Gasteiger partial charge is 0.274 e. The lowest BCUT2D eigenvalue weighted by Crippen LogP contribution is -2.26. The summed E-state index contributed by atoms with van der Waals surface area (Å²) < 4.78 is 0. The molecular formula is C28H13N17. The van der Waals surface area contributed by atoms with Crippen molar-refractivity contribution in [2.45, 2.75) is 20.8 Å². The van der Waals surface area contributed by atoms with Crippen LogP contribution in [0.15, 0.2) is 71.9 Å². The fourth-order valence-corrected chi connectivity index (χ4v) is 4.28. The van der Waals surface area contributed by atoms with Gasteiger partial charge in [-0.05, 0) is 32.9 Å². The molecule has 7 rings (SSSR count). The Balaban J connectivity index is 1.50. The van der Waals surface area contributed by atoms with E-state index in [4.69, 9.17) is 6.57 Å². The highest BCUT2D eigenvalue weighted by Gasteiger charge is 2.25. The Morgan fingerprint density at radius 3 is 1.64 bits per heavy atom. The second-order valence-corrected chi connectivity index (χ2v) is 9.43. The zero-order valence-electron chi connectivity index (χ0n) is 23.4. The van der Waals surface area contributed by atoms with E-state index in [0.29, 0.717) is 38.9 Å². The van der Waals surface area contributed by atoms with Gasteiger partial charge in [0, 0.05) is 5.69 Å². The van der Waals surface area contributed by atoms with Gasteiger partial charge in [0.25, 0.3) is 5.70 Å². The van der Waals surface area contributed by atoms with Crippen molar-refractivity contribution in [1.82, 2.24) is 39.9 Å². The minimum absolute atomic E-state index is 0.00123. The molecule has 4 aromatic rings. The highest BCUT2D eigenvalue weighted by Crippen LogP contribution is 2.26. The first-order valence-corrected chi connectivity index (χ1v) is 13.0. The number of rotatable bonds is 3. The van der Waals surface area contributed by atoms with E-state index in [9.17, 15) is 10.5 Å². The van der Waals surface area contributed by atoms with Crippen molar-refractivity contribution in [2.24, 2.45) is 30.0 Å². The number of aryl methyl sites for hydroxylation is 3. The molecule has 17 nitrogen and oxygen atoms in total. The average Bonchev–Trinajstić information content (AvgIpc) is 3.74. The van der Waals surface area contributed by atoms with E-state index in [1.165, 1.54) is 12.4 Å². The van der Waals surface area contributed by atoms with Crippen molar-refractivity contribution in [3.8, 4) is 12.1 Å². The molecule has 3 aliphatic rings. The van der Waals surface area contributed by atoms with Crippen LogP contribution in [0.3, 0.4) is 0 Å². The average molecular weight is 588 g/mol. The maximum absolute atomic E-state index is 10.3. The molecule has 0 saturated heterocycles. The van der Waals surface area contributed by atoms with Gasteiger partial charge < -0.3 is 0 Å². The quantitative estimate of drug-likeness (QED) is 0.200. The van der Waals surface area contributed by atoms with E-state index in [2.05, 4.69) is 74.7 Å². The fraction of sp³-hybridized carbons (Fsp3) is 0.107. The Bertz CT molecular complexity index is 2360. The number of nitrogens with zero attached hydrogens (tertiary/aromatic N) is 17. The molecule has 0 spiro atoms. The van der Waals surface area contributed by atoms with Crippen LogP contribution in [0.4, 0.5) is 0 Å². The summed E-state index contributed by atoms with van der Waals surface area (Å²) in [4.78, 5) is 64.3. The zero-order valence-corrected chi connectivity index (χ0v) is 23.4. The van der Waals surface area contributed by atoms with Crippen LogP contribution in [0.1, 0.15) is 34.8 Å². The molecular weight excluding hydrogens is 574 g/mol. The molecule has 3 aliphatic heterocycles. The number of hydrogen-bond acceptors (Lipinski definition) is 16. The molecule has 7 heterocycles. The minimum Gasteiger partial charge on any atom is -0.239 e. The van der Waals surface area contributed by atoms with Crippen molar-refractivity contribution in [3.05, 3.63) is 121 Å². The highest BCUT2D eigenvalue weighted by atomic mass is 15.1. The molecule has 0 aromatic carbocycles. The molecule has 0 N–H and O–H groups in total. The molecule has 0 fully saturated rings. The Morgan fingerprint density at radius 1 is 0.600 bits per heavy atom. The number of aromatic nitrogens is 8. The lowest BCUT2D eigenvalue weighted by molar-refractivity contribution is 0.957. The second-order valence-electron chi connectivity index (χ2n) is 9.43. The first-order chi connectivity index (χ1) is 21.8. The Hall–Kier alpha value is -7.19. The number of hydrogen-bond donors (Lipinski definition) is 0. The molecule has 0 radical (unpaired) electrons. The summed E-state index contributed by atoms with van der Waals surface area (Å²) >= 11 is 0.